The molecule has 2 rings (SSSR count). The van der Waals surface area contributed by atoms with Crippen LogP contribution in [0.15, 0.2) is 36.4 Å². The van der Waals surface area contributed by atoms with Crippen molar-refractivity contribution in [3.8, 4) is 0 Å². The molecule has 126 valence electrons. The number of piperidine rings is 1. The summed E-state index contributed by atoms with van der Waals surface area (Å²) in [6.45, 7) is 7.40. The van der Waals surface area contributed by atoms with Crippen molar-refractivity contribution in [2.75, 3.05) is 19.6 Å². The van der Waals surface area contributed by atoms with E-state index < -0.39 is 0 Å². The van der Waals surface area contributed by atoms with Crippen molar-refractivity contribution in [3.63, 3.8) is 0 Å². The highest BCUT2D eigenvalue weighted by molar-refractivity contribution is 5.84. The van der Waals surface area contributed by atoms with Gasteiger partial charge in [-0.15, -0.1) is 0 Å². The summed E-state index contributed by atoms with van der Waals surface area (Å²) in [5.41, 5.74) is 1.23. The molecule has 1 saturated heterocycles. The second-order valence-electron chi connectivity index (χ2n) is 6.82. The van der Waals surface area contributed by atoms with Crippen LogP contribution in [0.25, 0.3) is 6.08 Å². The fourth-order valence-corrected chi connectivity index (χ4v) is 3.70. The molecule has 0 spiro atoms. The van der Waals surface area contributed by atoms with Crippen molar-refractivity contribution in [2.24, 2.45) is 5.41 Å². The molecule has 1 aromatic rings. The van der Waals surface area contributed by atoms with Crippen LogP contribution in [0.4, 0.5) is 0 Å². The van der Waals surface area contributed by atoms with Gasteiger partial charge >= 0.3 is 0 Å². The minimum Gasteiger partial charge on any atom is -0.300 e. The smallest absolute Gasteiger partial charge is 0.139 e. The number of carbonyl (C=O) groups is 1. The molecule has 0 N–H and O–H groups in total. The van der Waals surface area contributed by atoms with E-state index >= 15 is 0 Å². The van der Waals surface area contributed by atoms with Crippen LogP contribution in [0.5, 0.6) is 0 Å². The molecule has 0 atom stereocenters. The van der Waals surface area contributed by atoms with Gasteiger partial charge in [0.2, 0.25) is 0 Å². The van der Waals surface area contributed by atoms with Gasteiger partial charge in [0.25, 0.3) is 0 Å². The standard InChI is InChI=1S/C21H31NO/c1-3-9-20(23)21(13-4-2)14-17-22(18-15-21)16-8-12-19-10-6-5-7-11-19/h5-8,10-12H,3-4,9,13-18H2,1-2H3. The maximum Gasteiger partial charge on any atom is 0.139 e. The number of hydrogen-bond acceptors (Lipinski definition) is 2. The second kappa shape index (κ2) is 9.02. The zero-order valence-electron chi connectivity index (χ0n) is 14.8. The van der Waals surface area contributed by atoms with Gasteiger partial charge in [0.1, 0.15) is 5.78 Å². The highest BCUT2D eigenvalue weighted by Crippen LogP contribution is 2.38. The number of likely N-dealkylation sites (tertiary alicyclic amines) is 1. The molecule has 0 amide bonds. The van der Waals surface area contributed by atoms with Crippen LogP contribution in [-0.2, 0) is 4.79 Å². The summed E-state index contributed by atoms with van der Waals surface area (Å²) in [7, 11) is 0. The van der Waals surface area contributed by atoms with E-state index in [1.165, 1.54) is 5.56 Å². The van der Waals surface area contributed by atoms with Crippen molar-refractivity contribution in [2.45, 2.75) is 52.4 Å². The second-order valence-corrected chi connectivity index (χ2v) is 6.82. The lowest BCUT2D eigenvalue weighted by molar-refractivity contribution is -0.132. The van der Waals surface area contributed by atoms with Crippen molar-refractivity contribution in [3.05, 3.63) is 42.0 Å². The summed E-state index contributed by atoms with van der Waals surface area (Å²) < 4.78 is 0. The highest BCUT2D eigenvalue weighted by Gasteiger charge is 2.39. The topological polar surface area (TPSA) is 20.3 Å². The summed E-state index contributed by atoms with van der Waals surface area (Å²) in [6.07, 6.45) is 10.4. The van der Waals surface area contributed by atoms with E-state index in [0.29, 0.717) is 5.78 Å². The normalized spacial score (nSPS) is 18.3. The van der Waals surface area contributed by atoms with E-state index in [1.807, 2.05) is 6.07 Å². The van der Waals surface area contributed by atoms with E-state index in [4.69, 9.17) is 0 Å². The van der Waals surface area contributed by atoms with Crippen molar-refractivity contribution in [1.29, 1.82) is 0 Å². The molecule has 0 aromatic heterocycles. The Morgan fingerprint density at radius 1 is 1.13 bits per heavy atom. The number of nitrogens with zero attached hydrogens (tertiary/aromatic N) is 1. The van der Waals surface area contributed by atoms with Gasteiger partial charge in [-0.1, -0.05) is 62.8 Å². The van der Waals surface area contributed by atoms with Crippen LogP contribution < -0.4 is 0 Å². The fourth-order valence-electron chi connectivity index (χ4n) is 3.70. The molecule has 1 aliphatic rings. The largest absolute Gasteiger partial charge is 0.300 e. The quantitative estimate of drug-likeness (QED) is 0.676. The average Bonchev–Trinajstić information content (AvgIpc) is 2.58. The van der Waals surface area contributed by atoms with Gasteiger partial charge < -0.3 is 0 Å². The summed E-state index contributed by atoms with van der Waals surface area (Å²) in [4.78, 5) is 15.1. The average molecular weight is 313 g/mol. The maximum atomic E-state index is 12.6. The lowest BCUT2D eigenvalue weighted by atomic mass is 9.70. The summed E-state index contributed by atoms with van der Waals surface area (Å²) in [6, 6.07) is 10.4. The minimum absolute atomic E-state index is 0.0234. The molecule has 0 aliphatic carbocycles. The third kappa shape index (κ3) is 5.04. The Morgan fingerprint density at radius 2 is 1.83 bits per heavy atom. The van der Waals surface area contributed by atoms with Crippen LogP contribution >= 0.6 is 0 Å². The van der Waals surface area contributed by atoms with Crippen molar-refractivity contribution >= 4 is 11.9 Å². The van der Waals surface area contributed by atoms with Crippen molar-refractivity contribution < 1.29 is 4.79 Å². The molecule has 1 heterocycles. The van der Waals surface area contributed by atoms with Crippen LogP contribution in [0.3, 0.4) is 0 Å². The number of Topliss-reactive ketones (excluding diaryl/α,β-unsaturated/α-hetero) is 1. The Labute approximate surface area is 141 Å². The first kappa shape index (κ1) is 17.9. The number of benzene rings is 1. The van der Waals surface area contributed by atoms with Crippen LogP contribution in [0.1, 0.15) is 57.9 Å². The van der Waals surface area contributed by atoms with Gasteiger partial charge in [0.05, 0.1) is 0 Å². The molecule has 0 bridgehead atoms. The van der Waals surface area contributed by atoms with E-state index in [2.05, 4.69) is 55.2 Å². The van der Waals surface area contributed by atoms with Gasteiger partial charge in [-0.25, -0.2) is 0 Å². The van der Waals surface area contributed by atoms with Gasteiger partial charge in [0, 0.05) is 18.4 Å². The van der Waals surface area contributed by atoms with Gasteiger partial charge in [-0.3, -0.25) is 9.69 Å². The van der Waals surface area contributed by atoms with Crippen LogP contribution in [-0.4, -0.2) is 30.3 Å². The highest BCUT2D eigenvalue weighted by atomic mass is 16.1. The predicted molar refractivity (Wildman–Crippen MR) is 98.4 cm³/mol. The third-order valence-electron chi connectivity index (χ3n) is 5.08. The van der Waals surface area contributed by atoms with Gasteiger partial charge in [-0.2, -0.15) is 0 Å². The Balaban J connectivity index is 1.86. The first-order valence-corrected chi connectivity index (χ1v) is 9.17. The Morgan fingerprint density at radius 3 is 2.43 bits per heavy atom. The van der Waals surface area contributed by atoms with E-state index in [9.17, 15) is 4.79 Å². The molecule has 0 radical (unpaired) electrons. The van der Waals surface area contributed by atoms with E-state index in [0.717, 1.165) is 58.2 Å². The summed E-state index contributed by atoms with van der Waals surface area (Å²) >= 11 is 0. The first-order valence-electron chi connectivity index (χ1n) is 9.17. The molecule has 1 aromatic carbocycles. The summed E-state index contributed by atoms with van der Waals surface area (Å²) in [5, 5.41) is 0. The number of carbonyl (C=O) groups excluding carboxylic acids is 1. The summed E-state index contributed by atoms with van der Waals surface area (Å²) in [5.74, 6) is 0.515. The zero-order valence-corrected chi connectivity index (χ0v) is 14.8. The first-order chi connectivity index (χ1) is 11.2. The Hall–Kier alpha value is -1.41. The molecule has 23 heavy (non-hydrogen) atoms. The fraction of sp³-hybridized carbons (Fsp3) is 0.571. The van der Waals surface area contributed by atoms with Crippen LogP contribution in [0.2, 0.25) is 0 Å². The Kier molecular flexibility index (Phi) is 7.04. The lowest BCUT2D eigenvalue weighted by Crippen LogP contribution is -2.44. The predicted octanol–water partition coefficient (Wildman–Crippen LogP) is 4.95. The lowest BCUT2D eigenvalue weighted by Gasteiger charge is -2.40. The number of rotatable bonds is 8. The van der Waals surface area contributed by atoms with Gasteiger partial charge in [0.15, 0.2) is 0 Å². The Bertz CT molecular complexity index is 498. The molecule has 2 heteroatoms. The monoisotopic (exact) mass is 313 g/mol. The maximum absolute atomic E-state index is 12.6. The van der Waals surface area contributed by atoms with E-state index in [1.54, 1.807) is 0 Å². The van der Waals surface area contributed by atoms with Crippen LogP contribution in [0, 0.1) is 5.41 Å². The molecule has 0 unspecified atom stereocenters. The van der Waals surface area contributed by atoms with Crippen molar-refractivity contribution in [1.82, 2.24) is 4.90 Å². The number of ketones is 1. The number of hydrogen-bond donors (Lipinski definition) is 0. The molecule has 0 saturated carbocycles. The minimum atomic E-state index is -0.0234. The molecule has 2 nitrogen and oxygen atoms in total. The third-order valence-corrected chi connectivity index (χ3v) is 5.08. The van der Waals surface area contributed by atoms with Gasteiger partial charge in [-0.05, 0) is 44.3 Å². The molecular formula is C21H31NO. The zero-order chi connectivity index (χ0) is 16.5. The molecule has 1 fully saturated rings. The van der Waals surface area contributed by atoms with E-state index in [-0.39, 0.29) is 5.41 Å². The molecule has 1 aliphatic heterocycles. The SMILES string of the molecule is CCCC(=O)C1(CCC)CCN(CC=Cc2ccccc2)CC1. The molecular weight excluding hydrogens is 282 g/mol.